The highest BCUT2D eigenvalue weighted by atomic mass is 35.6. The third kappa shape index (κ3) is 3.07. The fraction of sp³-hybridized carbons (Fsp3) is 0.250. The van der Waals surface area contributed by atoms with Crippen LogP contribution in [0.1, 0.15) is 10.4 Å². The molecule has 21 heavy (non-hydrogen) atoms. The molecule has 0 aromatic heterocycles. The molecule has 1 aromatic rings. The summed E-state index contributed by atoms with van der Waals surface area (Å²) in [7, 11) is 1.46. The van der Waals surface area contributed by atoms with Crippen LogP contribution in [0, 0.1) is 0 Å². The predicted molar refractivity (Wildman–Crippen MR) is 74.3 cm³/mol. The van der Waals surface area contributed by atoms with Gasteiger partial charge in [0.2, 0.25) is 10.0 Å². The molecule has 0 spiro atoms. The highest BCUT2D eigenvalue weighted by Gasteiger charge is 2.53. The van der Waals surface area contributed by atoms with E-state index in [1.54, 1.807) is 0 Å². The van der Waals surface area contributed by atoms with Gasteiger partial charge in [-0.25, -0.2) is 9.69 Å². The number of carbonyl (C=O) groups excluding carboxylic acids is 3. The summed E-state index contributed by atoms with van der Waals surface area (Å²) in [5, 5.41) is 0. The van der Waals surface area contributed by atoms with Gasteiger partial charge in [0.1, 0.15) is 5.75 Å². The van der Waals surface area contributed by atoms with Gasteiger partial charge >= 0.3 is 11.9 Å². The first-order valence-electron chi connectivity index (χ1n) is 5.55. The first-order valence-corrected chi connectivity index (χ1v) is 6.68. The van der Waals surface area contributed by atoms with Gasteiger partial charge in [-0.2, -0.15) is 0 Å². The molecule has 6 nitrogen and oxygen atoms in total. The quantitative estimate of drug-likeness (QED) is 0.352. The summed E-state index contributed by atoms with van der Waals surface area (Å²) in [6.07, 6.45) is -1.61. The normalized spacial score (nSPS) is 18.7. The lowest BCUT2D eigenvalue weighted by Gasteiger charge is -2.25. The Morgan fingerprint density at radius 3 is 2.29 bits per heavy atom. The van der Waals surface area contributed by atoms with Crippen molar-refractivity contribution >= 4 is 52.6 Å². The van der Waals surface area contributed by atoms with Crippen LogP contribution >= 0.6 is 34.8 Å². The highest BCUT2D eigenvalue weighted by Crippen LogP contribution is 2.37. The molecule has 0 N–H and O–H groups in total. The average Bonchev–Trinajstić information content (AvgIpc) is 2.74. The zero-order chi connectivity index (χ0) is 15.8. The summed E-state index contributed by atoms with van der Waals surface area (Å²) in [4.78, 5) is 35.8. The third-order valence-corrected chi connectivity index (χ3v) is 3.24. The maximum absolute atomic E-state index is 12.3. The minimum atomic E-state index is -2.15. The Labute approximate surface area is 134 Å². The van der Waals surface area contributed by atoms with E-state index in [-0.39, 0.29) is 5.56 Å². The van der Waals surface area contributed by atoms with Gasteiger partial charge in [0.15, 0.2) is 0 Å². The van der Waals surface area contributed by atoms with Gasteiger partial charge in [-0.05, 0) is 24.3 Å². The summed E-state index contributed by atoms with van der Waals surface area (Å²) >= 11 is 16.9. The van der Waals surface area contributed by atoms with Gasteiger partial charge in [-0.1, -0.05) is 34.8 Å². The molecule has 1 aliphatic heterocycles. The van der Waals surface area contributed by atoms with Crippen molar-refractivity contribution in [1.82, 2.24) is 4.90 Å². The molecule has 0 bridgehead atoms. The fourth-order valence-corrected chi connectivity index (χ4v) is 2.12. The van der Waals surface area contributed by atoms with Crippen LogP contribution in [-0.2, 0) is 14.3 Å². The van der Waals surface area contributed by atoms with Gasteiger partial charge < -0.3 is 9.47 Å². The molecule has 1 fully saturated rings. The topological polar surface area (TPSA) is 72.9 Å². The number of rotatable bonds is 2. The second-order valence-electron chi connectivity index (χ2n) is 4.01. The Hall–Kier alpha value is -1.50. The van der Waals surface area contributed by atoms with E-state index in [2.05, 4.69) is 4.74 Å². The second-order valence-corrected chi connectivity index (χ2v) is 6.38. The largest absolute Gasteiger partial charge is 0.497 e. The van der Waals surface area contributed by atoms with E-state index in [0.29, 0.717) is 10.6 Å². The molecule has 1 saturated heterocycles. The summed E-state index contributed by atoms with van der Waals surface area (Å²) in [6, 6.07) is 5.85. The molecule has 1 aromatic carbocycles. The Bertz CT molecular complexity index is 596. The zero-order valence-corrected chi connectivity index (χ0v) is 12.8. The number of methoxy groups -OCH3 is 1. The van der Waals surface area contributed by atoms with E-state index in [1.807, 2.05) is 0 Å². The minimum absolute atomic E-state index is 0.113. The van der Waals surface area contributed by atoms with Crippen LogP contribution < -0.4 is 4.74 Å². The fourth-order valence-electron chi connectivity index (χ4n) is 1.69. The summed E-state index contributed by atoms with van der Waals surface area (Å²) in [5.74, 6) is -2.74. The van der Waals surface area contributed by atoms with E-state index < -0.39 is 27.8 Å². The smallest absolute Gasteiger partial charge is 0.399 e. The molecule has 1 unspecified atom stereocenters. The van der Waals surface area contributed by atoms with Crippen molar-refractivity contribution in [3.63, 3.8) is 0 Å². The number of ether oxygens (including phenoxy) is 2. The van der Waals surface area contributed by atoms with Crippen LogP contribution in [0.5, 0.6) is 5.75 Å². The molecule has 1 heterocycles. The number of imide groups is 1. The summed E-state index contributed by atoms with van der Waals surface area (Å²) < 4.78 is 7.44. The van der Waals surface area contributed by atoms with Gasteiger partial charge in [0, 0.05) is 5.56 Å². The number of alkyl halides is 3. The molecular formula is C12H8Cl3NO5. The van der Waals surface area contributed by atoms with Gasteiger partial charge in [-0.3, -0.25) is 9.59 Å². The van der Waals surface area contributed by atoms with Crippen molar-refractivity contribution in [2.75, 3.05) is 7.11 Å². The monoisotopic (exact) mass is 351 g/mol. The number of nitrogens with zero attached hydrogens (tertiary/aromatic N) is 1. The number of esters is 1. The average molecular weight is 353 g/mol. The first-order chi connectivity index (χ1) is 9.75. The van der Waals surface area contributed by atoms with Crippen molar-refractivity contribution in [3.05, 3.63) is 29.8 Å². The van der Waals surface area contributed by atoms with Crippen LogP contribution in [0.3, 0.4) is 0 Å². The van der Waals surface area contributed by atoms with Crippen LogP contribution in [0.4, 0.5) is 0 Å². The molecule has 0 radical (unpaired) electrons. The lowest BCUT2D eigenvalue weighted by atomic mass is 10.2. The molecule has 1 aliphatic rings. The molecule has 2 amide bonds. The van der Waals surface area contributed by atoms with Gasteiger partial charge in [0.25, 0.3) is 5.91 Å². The maximum atomic E-state index is 12.3. The molecule has 2 rings (SSSR count). The molecular weight excluding hydrogens is 344 g/mol. The molecule has 112 valence electrons. The number of halogens is 3. The Balaban J connectivity index is 2.34. The predicted octanol–water partition coefficient (Wildman–Crippen LogP) is 1.92. The van der Waals surface area contributed by atoms with E-state index >= 15 is 0 Å². The number of cyclic esters (lactones) is 1. The number of hydrogen-bond donors (Lipinski definition) is 0. The van der Waals surface area contributed by atoms with Crippen LogP contribution in [0.15, 0.2) is 24.3 Å². The van der Waals surface area contributed by atoms with Crippen LogP contribution in [-0.4, -0.2) is 39.8 Å². The van der Waals surface area contributed by atoms with E-state index in [0.717, 1.165) is 0 Å². The van der Waals surface area contributed by atoms with Crippen LogP contribution in [0.25, 0.3) is 0 Å². The zero-order valence-electron chi connectivity index (χ0n) is 10.5. The Morgan fingerprint density at radius 1 is 1.24 bits per heavy atom. The first kappa shape index (κ1) is 15.9. The third-order valence-electron chi connectivity index (χ3n) is 2.68. The number of carbonyl (C=O) groups is 3. The molecule has 9 heteroatoms. The van der Waals surface area contributed by atoms with E-state index in [9.17, 15) is 14.4 Å². The Kier molecular flexibility index (Phi) is 4.32. The maximum Gasteiger partial charge on any atom is 0.399 e. The van der Waals surface area contributed by atoms with E-state index in [1.165, 1.54) is 31.4 Å². The summed E-state index contributed by atoms with van der Waals surface area (Å²) in [5.41, 5.74) is 0.113. The number of amides is 2. The van der Waals surface area contributed by atoms with Crippen molar-refractivity contribution in [2.45, 2.75) is 10.0 Å². The standard InChI is InChI=1S/C12H8Cl3NO5/c1-20-7-4-2-6(3-5-7)8(17)16-9(18)10(19)21-11(16)12(13,14)15/h2-5,11H,1H3. The molecule has 0 aliphatic carbocycles. The lowest BCUT2D eigenvalue weighted by Crippen LogP contribution is -2.46. The van der Waals surface area contributed by atoms with Crippen molar-refractivity contribution in [2.24, 2.45) is 0 Å². The number of benzene rings is 1. The highest BCUT2D eigenvalue weighted by molar-refractivity contribution is 6.68. The second kappa shape index (κ2) is 5.71. The summed E-state index contributed by atoms with van der Waals surface area (Å²) in [6.45, 7) is 0. The lowest BCUT2D eigenvalue weighted by molar-refractivity contribution is -0.149. The van der Waals surface area contributed by atoms with Crippen molar-refractivity contribution in [3.8, 4) is 5.75 Å². The molecule has 1 atom stereocenters. The minimum Gasteiger partial charge on any atom is -0.497 e. The number of hydrogen-bond acceptors (Lipinski definition) is 5. The SMILES string of the molecule is COc1ccc(C(=O)N2C(=O)C(=O)OC2C(Cl)(Cl)Cl)cc1. The van der Waals surface area contributed by atoms with Crippen molar-refractivity contribution in [1.29, 1.82) is 0 Å². The van der Waals surface area contributed by atoms with E-state index in [4.69, 9.17) is 39.5 Å². The van der Waals surface area contributed by atoms with Gasteiger partial charge in [-0.15, -0.1) is 0 Å². The van der Waals surface area contributed by atoms with Crippen molar-refractivity contribution < 1.29 is 23.9 Å². The van der Waals surface area contributed by atoms with Gasteiger partial charge in [0.05, 0.1) is 7.11 Å². The molecule has 0 saturated carbocycles. The Morgan fingerprint density at radius 2 is 1.81 bits per heavy atom. The van der Waals surface area contributed by atoms with Crippen LogP contribution in [0.2, 0.25) is 0 Å².